The van der Waals surface area contributed by atoms with Crippen LogP contribution in [0.3, 0.4) is 0 Å². The number of nitrogens with one attached hydrogen (secondary N) is 3. The fourth-order valence-corrected chi connectivity index (χ4v) is 4.04. The molecule has 3 N–H and O–H groups in total. The molecule has 3 rings (SSSR count). The van der Waals surface area contributed by atoms with Crippen LogP contribution in [0, 0.1) is 0 Å². The van der Waals surface area contributed by atoms with E-state index in [1.54, 1.807) is 7.11 Å². The number of amides is 3. The summed E-state index contributed by atoms with van der Waals surface area (Å²) in [7, 11) is 1.68. The highest BCUT2D eigenvalue weighted by atomic mass is 16.5. The quantitative estimate of drug-likeness (QED) is 0.599. The van der Waals surface area contributed by atoms with E-state index >= 15 is 0 Å². The second-order valence-corrected chi connectivity index (χ2v) is 7.75. The number of methoxy groups -OCH3 is 1. The summed E-state index contributed by atoms with van der Waals surface area (Å²) in [4.78, 5) is 27.6. The molecule has 158 valence electrons. The van der Waals surface area contributed by atoms with Crippen LogP contribution in [0.1, 0.15) is 32.1 Å². The van der Waals surface area contributed by atoms with Gasteiger partial charge in [0, 0.05) is 6.54 Å². The van der Waals surface area contributed by atoms with Crippen molar-refractivity contribution in [1.29, 1.82) is 0 Å². The first-order valence-corrected chi connectivity index (χ1v) is 10.6. The molecule has 1 fully saturated rings. The number of benzene rings is 1. The molecule has 1 aromatic carbocycles. The highest BCUT2D eigenvalue weighted by molar-refractivity contribution is 5.94. The number of imide groups is 1. The van der Waals surface area contributed by atoms with Crippen molar-refractivity contribution in [2.45, 2.75) is 32.1 Å². The summed E-state index contributed by atoms with van der Waals surface area (Å²) in [6.07, 6.45) is 7.94. The average molecular weight is 402 g/mol. The molecule has 1 heterocycles. The zero-order chi connectivity index (χ0) is 20.5. The summed E-state index contributed by atoms with van der Waals surface area (Å²) in [5.41, 5.74) is 2.51. The van der Waals surface area contributed by atoms with Crippen LogP contribution in [0.25, 0.3) is 0 Å². The number of anilines is 1. The van der Waals surface area contributed by atoms with Gasteiger partial charge in [-0.25, -0.2) is 4.79 Å². The van der Waals surface area contributed by atoms with E-state index in [2.05, 4.69) is 27.7 Å². The molecule has 29 heavy (non-hydrogen) atoms. The van der Waals surface area contributed by atoms with E-state index in [9.17, 15) is 9.59 Å². The number of para-hydroxylation sites is 2. The van der Waals surface area contributed by atoms with Gasteiger partial charge in [0.15, 0.2) is 6.54 Å². The lowest BCUT2D eigenvalue weighted by Crippen LogP contribution is -3.16. The highest BCUT2D eigenvalue weighted by Gasteiger charge is 2.24. The van der Waals surface area contributed by atoms with Gasteiger partial charge in [-0.05, 0) is 44.2 Å². The standard InChI is InChI=1S/C22H32N4O3/c1-29-20-10-6-5-9-19(20)26-15-13-25(14-16-26)17-21(27)24-22(28)23-12-11-18-7-3-2-4-8-18/h5-7,9-10H,2-4,8,11-17H2,1H3,(H2,23,24,27,28)/p+1. The Morgan fingerprint density at radius 3 is 2.69 bits per heavy atom. The first kappa shape index (κ1) is 21.2. The largest absolute Gasteiger partial charge is 0.495 e. The van der Waals surface area contributed by atoms with E-state index in [0.717, 1.165) is 56.9 Å². The second kappa shape index (κ2) is 10.9. The first-order chi connectivity index (χ1) is 14.2. The van der Waals surface area contributed by atoms with E-state index in [4.69, 9.17) is 4.74 Å². The molecule has 0 aromatic heterocycles. The Balaban J connectivity index is 1.35. The number of rotatable bonds is 7. The van der Waals surface area contributed by atoms with Gasteiger partial charge >= 0.3 is 6.03 Å². The van der Waals surface area contributed by atoms with Crippen molar-refractivity contribution in [3.8, 4) is 5.75 Å². The van der Waals surface area contributed by atoms with Crippen LogP contribution in [0.15, 0.2) is 35.9 Å². The molecular formula is C22H33N4O3+. The summed E-state index contributed by atoms with van der Waals surface area (Å²) < 4.78 is 5.44. The van der Waals surface area contributed by atoms with Gasteiger partial charge in [-0.2, -0.15) is 0 Å². The van der Waals surface area contributed by atoms with Crippen LogP contribution in [-0.4, -0.2) is 58.3 Å². The van der Waals surface area contributed by atoms with E-state index in [-0.39, 0.29) is 5.91 Å². The zero-order valence-electron chi connectivity index (χ0n) is 17.3. The summed E-state index contributed by atoms with van der Waals surface area (Å²) in [6, 6.07) is 7.60. The fraction of sp³-hybridized carbons (Fsp3) is 0.545. The lowest BCUT2D eigenvalue weighted by atomic mass is 9.97. The molecule has 0 atom stereocenters. The number of hydrogen-bond donors (Lipinski definition) is 3. The molecule has 0 spiro atoms. The molecular weight excluding hydrogens is 368 g/mol. The molecule has 0 unspecified atom stereocenters. The van der Waals surface area contributed by atoms with E-state index in [1.807, 2.05) is 18.2 Å². The fourth-order valence-electron chi connectivity index (χ4n) is 4.04. The van der Waals surface area contributed by atoms with Crippen molar-refractivity contribution in [3.05, 3.63) is 35.9 Å². The maximum atomic E-state index is 12.2. The molecule has 1 aromatic rings. The molecule has 1 saturated heterocycles. The van der Waals surface area contributed by atoms with E-state index in [0.29, 0.717) is 13.1 Å². The van der Waals surface area contributed by atoms with Crippen LogP contribution in [0.2, 0.25) is 0 Å². The minimum Gasteiger partial charge on any atom is -0.495 e. The van der Waals surface area contributed by atoms with Crippen molar-refractivity contribution < 1.29 is 19.2 Å². The molecule has 7 heteroatoms. The monoisotopic (exact) mass is 401 g/mol. The number of carbonyl (C=O) groups is 2. The molecule has 0 radical (unpaired) electrons. The maximum absolute atomic E-state index is 12.2. The normalized spacial score (nSPS) is 17.4. The Labute approximate surface area is 173 Å². The van der Waals surface area contributed by atoms with Crippen LogP contribution < -0.4 is 25.2 Å². The molecule has 3 amide bonds. The Bertz CT molecular complexity index is 727. The second-order valence-electron chi connectivity index (χ2n) is 7.75. The van der Waals surface area contributed by atoms with Crippen LogP contribution in [-0.2, 0) is 4.79 Å². The van der Waals surface area contributed by atoms with Crippen LogP contribution in [0.4, 0.5) is 10.5 Å². The SMILES string of the molecule is COc1ccccc1N1CC[NH+](CC(=O)NC(=O)NCCC2=CCCCC2)CC1. The Morgan fingerprint density at radius 2 is 1.97 bits per heavy atom. The predicted molar refractivity (Wildman–Crippen MR) is 113 cm³/mol. The van der Waals surface area contributed by atoms with E-state index < -0.39 is 6.03 Å². The number of ether oxygens (including phenoxy) is 1. The van der Waals surface area contributed by atoms with Gasteiger partial charge in [0.05, 0.1) is 39.0 Å². The minimum absolute atomic E-state index is 0.222. The molecule has 0 saturated carbocycles. The van der Waals surface area contributed by atoms with Crippen molar-refractivity contribution in [2.75, 3.05) is 51.3 Å². The van der Waals surface area contributed by atoms with Gasteiger partial charge in [-0.3, -0.25) is 10.1 Å². The van der Waals surface area contributed by atoms with Gasteiger partial charge in [0.2, 0.25) is 0 Å². The molecule has 2 aliphatic rings. The lowest BCUT2D eigenvalue weighted by molar-refractivity contribution is -0.892. The summed E-state index contributed by atoms with van der Waals surface area (Å²) in [5.74, 6) is 0.648. The van der Waals surface area contributed by atoms with Crippen LogP contribution in [0.5, 0.6) is 5.75 Å². The smallest absolute Gasteiger partial charge is 0.321 e. The highest BCUT2D eigenvalue weighted by Crippen LogP contribution is 2.27. The topological polar surface area (TPSA) is 75.1 Å². The third-order valence-corrected chi connectivity index (χ3v) is 5.68. The molecule has 1 aliphatic heterocycles. The zero-order valence-corrected chi connectivity index (χ0v) is 17.3. The average Bonchev–Trinajstić information content (AvgIpc) is 2.75. The molecule has 0 bridgehead atoms. The number of allylic oxidation sites excluding steroid dienone is 1. The Hall–Kier alpha value is -2.54. The molecule has 1 aliphatic carbocycles. The minimum atomic E-state index is -0.390. The number of quaternary nitrogens is 1. The van der Waals surface area contributed by atoms with Crippen molar-refractivity contribution in [3.63, 3.8) is 0 Å². The number of carbonyl (C=O) groups excluding carboxylic acids is 2. The lowest BCUT2D eigenvalue weighted by Gasteiger charge is -2.33. The van der Waals surface area contributed by atoms with Gasteiger partial charge in [0.25, 0.3) is 5.91 Å². The number of hydrogen-bond acceptors (Lipinski definition) is 4. The summed E-state index contributed by atoms with van der Waals surface area (Å²) in [6.45, 7) is 4.30. The van der Waals surface area contributed by atoms with Crippen molar-refractivity contribution >= 4 is 17.6 Å². The van der Waals surface area contributed by atoms with Gasteiger partial charge in [-0.1, -0.05) is 23.8 Å². The third kappa shape index (κ3) is 6.49. The maximum Gasteiger partial charge on any atom is 0.321 e. The molecule has 7 nitrogen and oxygen atoms in total. The van der Waals surface area contributed by atoms with Gasteiger partial charge in [-0.15, -0.1) is 0 Å². The third-order valence-electron chi connectivity index (χ3n) is 5.68. The van der Waals surface area contributed by atoms with Crippen molar-refractivity contribution in [1.82, 2.24) is 10.6 Å². The summed E-state index contributed by atoms with van der Waals surface area (Å²) in [5, 5.41) is 5.26. The summed E-state index contributed by atoms with van der Waals surface area (Å²) >= 11 is 0. The number of piperazine rings is 1. The van der Waals surface area contributed by atoms with E-state index in [1.165, 1.54) is 23.3 Å². The van der Waals surface area contributed by atoms with Crippen LogP contribution >= 0.6 is 0 Å². The van der Waals surface area contributed by atoms with Crippen molar-refractivity contribution in [2.24, 2.45) is 0 Å². The first-order valence-electron chi connectivity index (χ1n) is 10.6. The Kier molecular flexibility index (Phi) is 7.93. The van der Waals surface area contributed by atoms with Gasteiger partial charge in [0.1, 0.15) is 5.75 Å². The predicted octanol–water partition coefficient (Wildman–Crippen LogP) is 1.12. The van der Waals surface area contributed by atoms with Gasteiger partial charge < -0.3 is 19.9 Å². The Morgan fingerprint density at radius 1 is 1.17 bits per heavy atom. The number of urea groups is 1. The number of nitrogens with zero attached hydrogens (tertiary/aromatic N) is 1.